The third-order valence-corrected chi connectivity index (χ3v) is 6.25. The maximum absolute atomic E-state index is 14.8. The van der Waals surface area contributed by atoms with E-state index in [1.54, 1.807) is 0 Å². The summed E-state index contributed by atoms with van der Waals surface area (Å²) < 4.78 is 62.2. The number of aromatic nitrogens is 2. The predicted molar refractivity (Wildman–Crippen MR) is 126 cm³/mol. The summed E-state index contributed by atoms with van der Waals surface area (Å²) in [5.41, 5.74) is 2.21. The van der Waals surface area contributed by atoms with Gasteiger partial charge in [0.25, 0.3) is 0 Å². The van der Waals surface area contributed by atoms with Gasteiger partial charge in [0, 0.05) is 23.8 Å². The van der Waals surface area contributed by atoms with E-state index in [-0.39, 0.29) is 41.3 Å². The highest BCUT2D eigenvalue weighted by Crippen LogP contribution is 2.46. The van der Waals surface area contributed by atoms with Gasteiger partial charge in [0.05, 0.1) is 18.4 Å². The zero-order valence-electron chi connectivity index (χ0n) is 19.3. The van der Waals surface area contributed by atoms with Crippen LogP contribution in [0.2, 0.25) is 0 Å². The largest absolute Gasteiger partial charge is 0.489 e. The van der Waals surface area contributed by atoms with E-state index < -0.39 is 17.6 Å². The third-order valence-electron chi connectivity index (χ3n) is 6.25. The highest BCUT2D eigenvalue weighted by atomic mass is 19.4. The number of anilines is 3. The van der Waals surface area contributed by atoms with Gasteiger partial charge in [-0.2, -0.15) is 13.2 Å². The molecule has 0 saturated carbocycles. The van der Waals surface area contributed by atoms with E-state index in [1.165, 1.54) is 11.6 Å². The van der Waals surface area contributed by atoms with Gasteiger partial charge in [0.1, 0.15) is 17.9 Å². The van der Waals surface area contributed by atoms with Crippen LogP contribution in [0.4, 0.5) is 34.9 Å². The monoisotopic (exact) mass is 487 g/mol. The molecule has 0 saturated heterocycles. The molecular formula is C25H25F4N5O. The lowest BCUT2D eigenvalue weighted by Crippen LogP contribution is -2.38. The fourth-order valence-corrected chi connectivity index (χ4v) is 4.55. The van der Waals surface area contributed by atoms with E-state index in [9.17, 15) is 17.6 Å². The molecule has 0 spiro atoms. The molecule has 3 aromatic rings. The number of nitrogens with one attached hydrogen (secondary N) is 2. The first-order valence-corrected chi connectivity index (χ1v) is 11.5. The Kier molecular flexibility index (Phi) is 6.00. The van der Waals surface area contributed by atoms with Gasteiger partial charge in [0.2, 0.25) is 5.95 Å². The molecule has 0 unspecified atom stereocenters. The molecule has 0 radical (unpaired) electrons. The first-order valence-electron chi connectivity index (χ1n) is 11.5. The van der Waals surface area contributed by atoms with Crippen LogP contribution in [0.1, 0.15) is 30.5 Å². The van der Waals surface area contributed by atoms with E-state index in [0.717, 1.165) is 37.3 Å². The molecule has 0 bridgehead atoms. The fraction of sp³-hybridized carbons (Fsp3) is 0.360. The molecule has 6 nitrogen and oxygen atoms in total. The van der Waals surface area contributed by atoms with Gasteiger partial charge in [-0.3, -0.25) is 0 Å². The van der Waals surface area contributed by atoms with Crippen LogP contribution in [0, 0.1) is 5.82 Å². The maximum Gasteiger partial charge on any atom is 0.420 e. The van der Waals surface area contributed by atoms with E-state index in [4.69, 9.17) is 4.74 Å². The summed E-state index contributed by atoms with van der Waals surface area (Å²) in [5.74, 6) is -0.962. The lowest BCUT2D eigenvalue weighted by Gasteiger charge is -2.36. The quantitative estimate of drug-likeness (QED) is 0.487. The lowest BCUT2D eigenvalue weighted by atomic mass is 10.0. The Bertz CT molecular complexity index is 1260. The zero-order valence-corrected chi connectivity index (χ0v) is 19.3. The molecule has 5 rings (SSSR count). The highest BCUT2D eigenvalue weighted by Gasteiger charge is 2.39. The van der Waals surface area contributed by atoms with E-state index in [2.05, 4.69) is 20.6 Å². The number of fused-ring (bicyclic) bond motifs is 2. The van der Waals surface area contributed by atoms with Crippen molar-refractivity contribution in [3.8, 4) is 17.0 Å². The summed E-state index contributed by atoms with van der Waals surface area (Å²) in [6.45, 7) is 6.00. The van der Waals surface area contributed by atoms with Gasteiger partial charge < -0.3 is 20.3 Å². The Labute approximate surface area is 200 Å². The maximum atomic E-state index is 14.8. The third kappa shape index (κ3) is 4.62. The number of ether oxygens (including phenoxy) is 1. The summed E-state index contributed by atoms with van der Waals surface area (Å²) in [6, 6.07) is 8.19. The SMILES string of the molecule is CC(C)N1CCOc2c1cc(-c1nc(Nc3ccc4c(c3)CNCC4)ncc1F)cc2C(F)(F)F. The molecule has 1 aromatic heterocycles. The van der Waals surface area contributed by atoms with Gasteiger partial charge in [-0.1, -0.05) is 6.07 Å². The number of rotatable bonds is 4. The van der Waals surface area contributed by atoms with Crippen LogP contribution in [0.3, 0.4) is 0 Å². The van der Waals surface area contributed by atoms with Crippen molar-refractivity contribution in [2.24, 2.45) is 0 Å². The topological polar surface area (TPSA) is 62.3 Å². The Morgan fingerprint density at radius 1 is 1.14 bits per heavy atom. The normalized spacial score (nSPS) is 15.5. The summed E-state index contributed by atoms with van der Waals surface area (Å²) in [7, 11) is 0. The van der Waals surface area contributed by atoms with Crippen LogP contribution < -0.4 is 20.3 Å². The van der Waals surface area contributed by atoms with Crippen molar-refractivity contribution < 1.29 is 22.3 Å². The second-order valence-corrected chi connectivity index (χ2v) is 8.93. The highest BCUT2D eigenvalue weighted by molar-refractivity contribution is 5.75. The van der Waals surface area contributed by atoms with Crippen molar-refractivity contribution in [3.63, 3.8) is 0 Å². The fourth-order valence-electron chi connectivity index (χ4n) is 4.55. The summed E-state index contributed by atoms with van der Waals surface area (Å²) in [6.07, 6.45) is -2.78. The van der Waals surface area contributed by atoms with Crippen molar-refractivity contribution in [1.29, 1.82) is 0 Å². The molecule has 0 aliphatic carbocycles. The van der Waals surface area contributed by atoms with E-state index in [1.807, 2.05) is 36.9 Å². The molecule has 0 amide bonds. The molecule has 3 heterocycles. The molecular weight excluding hydrogens is 462 g/mol. The number of nitrogens with zero attached hydrogens (tertiary/aromatic N) is 3. The summed E-state index contributed by atoms with van der Waals surface area (Å²) >= 11 is 0. The van der Waals surface area contributed by atoms with Crippen molar-refractivity contribution in [2.45, 2.75) is 39.0 Å². The van der Waals surface area contributed by atoms with Gasteiger partial charge in [0.15, 0.2) is 11.6 Å². The molecule has 184 valence electrons. The molecule has 2 N–H and O–H groups in total. The number of halogens is 4. The first kappa shape index (κ1) is 23.3. The van der Waals surface area contributed by atoms with E-state index in [0.29, 0.717) is 12.2 Å². The van der Waals surface area contributed by atoms with Crippen LogP contribution in [-0.2, 0) is 19.1 Å². The standard InChI is InChI=1S/C25H25F4N5O/c1-14(2)34-7-8-35-23-19(25(27,28)29)10-16(11-21(23)34)22-20(26)13-31-24(33-22)32-18-4-3-15-5-6-30-12-17(15)9-18/h3-4,9-11,13-14,30H,5-8,12H2,1-2H3,(H,31,32,33). The number of hydrogen-bond donors (Lipinski definition) is 2. The molecule has 35 heavy (non-hydrogen) atoms. The predicted octanol–water partition coefficient (Wildman–Crippen LogP) is 5.30. The van der Waals surface area contributed by atoms with E-state index >= 15 is 0 Å². The van der Waals surface area contributed by atoms with Gasteiger partial charge in [-0.25, -0.2) is 14.4 Å². The van der Waals surface area contributed by atoms with Crippen LogP contribution >= 0.6 is 0 Å². The Morgan fingerprint density at radius 3 is 2.74 bits per heavy atom. The lowest BCUT2D eigenvalue weighted by molar-refractivity contribution is -0.139. The van der Waals surface area contributed by atoms with Crippen molar-refractivity contribution >= 4 is 17.3 Å². The first-order chi connectivity index (χ1) is 16.7. The smallest absolute Gasteiger partial charge is 0.420 e. The average molecular weight is 488 g/mol. The second-order valence-electron chi connectivity index (χ2n) is 8.93. The van der Waals surface area contributed by atoms with Crippen LogP contribution in [0.25, 0.3) is 11.3 Å². The Morgan fingerprint density at radius 2 is 1.97 bits per heavy atom. The van der Waals surface area contributed by atoms with Gasteiger partial charge in [-0.05, 0) is 62.2 Å². The zero-order chi connectivity index (χ0) is 24.7. The molecule has 2 aromatic carbocycles. The van der Waals surface area contributed by atoms with Crippen LogP contribution in [0.15, 0.2) is 36.5 Å². The Hall–Kier alpha value is -3.40. The van der Waals surface area contributed by atoms with Crippen LogP contribution in [0.5, 0.6) is 5.75 Å². The Balaban J connectivity index is 1.56. The molecule has 2 aliphatic rings. The van der Waals surface area contributed by atoms with Crippen LogP contribution in [-0.4, -0.2) is 35.7 Å². The average Bonchev–Trinajstić information content (AvgIpc) is 2.83. The number of alkyl halides is 3. The minimum Gasteiger partial charge on any atom is -0.489 e. The summed E-state index contributed by atoms with van der Waals surface area (Å²) in [5, 5.41) is 6.36. The summed E-state index contributed by atoms with van der Waals surface area (Å²) in [4.78, 5) is 10.1. The van der Waals surface area contributed by atoms with Gasteiger partial charge in [-0.15, -0.1) is 0 Å². The minimum absolute atomic E-state index is 0.00446. The molecule has 10 heteroatoms. The van der Waals surface area contributed by atoms with Crippen molar-refractivity contribution in [1.82, 2.24) is 15.3 Å². The minimum atomic E-state index is -4.68. The van der Waals surface area contributed by atoms with Crippen molar-refractivity contribution in [2.75, 3.05) is 29.9 Å². The number of hydrogen-bond acceptors (Lipinski definition) is 6. The van der Waals surface area contributed by atoms with Gasteiger partial charge >= 0.3 is 6.18 Å². The molecule has 0 atom stereocenters. The molecule has 0 fully saturated rings. The molecule has 2 aliphatic heterocycles. The van der Waals surface area contributed by atoms with Crippen molar-refractivity contribution in [3.05, 3.63) is 59.0 Å². The second kappa shape index (κ2) is 8.99. The number of benzene rings is 2.